The van der Waals surface area contributed by atoms with Gasteiger partial charge in [0.1, 0.15) is 0 Å². The summed E-state index contributed by atoms with van der Waals surface area (Å²) in [6.07, 6.45) is 4.40. The van der Waals surface area contributed by atoms with Crippen LogP contribution >= 0.6 is 0 Å². The van der Waals surface area contributed by atoms with Gasteiger partial charge < -0.3 is 13.7 Å². The zero-order chi connectivity index (χ0) is 34.1. The summed E-state index contributed by atoms with van der Waals surface area (Å²) >= 11 is 0. The lowest BCUT2D eigenvalue weighted by Gasteiger charge is -2.19. The van der Waals surface area contributed by atoms with Crippen molar-refractivity contribution in [2.45, 2.75) is 13.8 Å². The molecule has 10 aromatic rings. The molecule has 3 aromatic heterocycles. The summed E-state index contributed by atoms with van der Waals surface area (Å²) < 4.78 is 7.28. The largest absolute Gasteiger partial charge is 0.309 e. The Bertz CT molecular complexity index is 2890. The molecular formula is C48H35N3. The first kappa shape index (κ1) is 29.3. The van der Waals surface area contributed by atoms with E-state index in [-0.39, 0.29) is 0 Å². The fraction of sp³-hybridized carbons (Fsp3) is 0.0417. The molecule has 0 spiro atoms. The molecule has 0 aliphatic carbocycles. The van der Waals surface area contributed by atoms with Crippen LogP contribution in [0.2, 0.25) is 0 Å². The highest BCUT2D eigenvalue weighted by molar-refractivity contribution is 6.10. The fourth-order valence-electron chi connectivity index (χ4n) is 8.34. The summed E-state index contributed by atoms with van der Waals surface area (Å²) in [5.41, 5.74) is 14.2. The van der Waals surface area contributed by atoms with Crippen LogP contribution in [-0.2, 0) is 0 Å². The molecule has 3 nitrogen and oxygen atoms in total. The number of nitrogens with zero attached hydrogens (tertiary/aromatic N) is 3. The second-order valence-corrected chi connectivity index (χ2v) is 13.4. The van der Waals surface area contributed by atoms with Crippen molar-refractivity contribution in [2.24, 2.45) is 0 Å². The Kier molecular flexibility index (Phi) is 6.62. The number of allylic oxidation sites excluding steroid dienone is 1. The van der Waals surface area contributed by atoms with E-state index in [9.17, 15) is 0 Å². The molecule has 0 atom stereocenters. The quantitative estimate of drug-likeness (QED) is 0.176. The van der Waals surface area contributed by atoms with Gasteiger partial charge in [-0.25, -0.2) is 0 Å². The Hall–Kier alpha value is -6.58. The maximum atomic E-state index is 2.46. The van der Waals surface area contributed by atoms with Crippen molar-refractivity contribution in [2.75, 3.05) is 0 Å². The molecule has 0 saturated carbocycles. The Morgan fingerprint density at radius 1 is 0.412 bits per heavy atom. The minimum Gasteiger partial charge on any atom is -0.309 e. The van der Waals surface area contributed by atoms with Crippen molar-refractivity contribution in [3.63, 3.8) is 0 Å². The number of aryl methyl sites for hydroxylation is 1. The van der Waals surface area contributed by atoms with E-state index in [4.69, 9.17) is 0 Å². The molecule has 0 bridgehead atoms. The van der Waals surface area contributed by atoms with Crippen LogP contribution in [0.3, 0.4) is 0 Å². The average molecular weight is 654 g/mol. The van der Waals surface area contributed by atoms with Gasteiger partial charge in [-0.1, -0.05) is 115 Å². The van der Waals surface area contributed by atoms with Crippen molar-refractivity contribution < 1.29 is 0 Å². The number of hydrogen-bond acceptors (Lipinski definition) is 0. The van der Waals surface area contributed by atoms with Gasteiger partial charge >= 0.3 is 0 Å². The number of aromatic nitrogens is 3. The van der Waals surface area contributed by atoms with E-state index >= 15 is 0 Å². The lowest BCUT2D eigenvalue weighted by Crippen LogP contribution is -2.03. The van der Waals surface area contributed by atoms with Gasteiger partial charge in [-0.3, -0.25) is 0 Å². The summed E-state index contributed by atoms with van der Waals surface area (Å²) in [5.74, 6) is 0. The van der Waals surface area contributed by atoms with Gasteiger partial charge in [-0.05, 0) is 85.6 Å². The second kappa shape index (κ2) is 11.5. The Balaban J connectivity index is 1.28. The van der Waals surface area contributed by atoms with Crippen LogP contribution in [0.5, 0.6) is 0 Å². The Morgan fingerprint density at radius 2 is 0.863 bits per heavy atom. The topological polar surface area (TPSA) is 14.8 Å². The third-order valence-corrected chi connectivity index (χ3v) is 10.6. The van der Waals surface area contributed by atoms with E-state index in [1.165, 1.54) is 76.9 Å². The van der Waals surface area contributed by atoms with Gasteiger partial charge in [-0.15, -0.1) is 0 Å². The molecule has 0 unspecified atom stereocenters. The van der Waals surface area contributed by atoms with Gasteiger partial charge in [-0.2, -0.15) is 0 Å². The predicted molar refractivity (Wildman–Crippen MR) is 217 cm³/mol. The van der Waals surface area contributed by atoms with Crippen molar-refractivity contribution in [3.05, 3.63) is 181 Å². The first-order valence-corrected chi connectivity index (χ1v) is 17.7. The van der Waals surface area contributed by atoms with Gasteiger partial charge in [0.05, 0.1) is 33.3 Å². The van der Waals surface area contributed by atoms with E-state index < -0.39 is 0 Å². The van der Waals surface area contributed by atoms with Crippen molar-refractivity contribution in [3.8, 4) is 28.2 Å². The normalized spacial score (nSPS) is 12.0. The third kappa shape index (κ3) is 4.38. The molecule has 10 rings (SSSR count). The molecule has 3 heteroatoms. The van der Waals surface area contributed by atoms with E-state index in [1.54, 1.807) is 0 Å². The number of fused-ring (bicyclic) bond motifs is 7. The standard InChI is InChI=1S/C48H35N3/c1-3-15-42-32(2)36-18-4-9-23-43(36)51(42)48-31-35(50-46-26-12-7-21-40(46)41-22-8-13-27-47(41)50)28-29-37(48)33-16-14-17-34(30-33)49-44-24-10-5-19-38(44)39-20-6-11-25-45(39)49/h3-31H,1-2H3/b15-3-. The first-order chi connectivity index (χ1) is 25.2. The van der Waals surface area contributed by atoms with Crippen LogP contribution in [0, 0.1) is 6.92 Å². The summed E-state index contributed by atoms with van der Waals surface area (Å²) in [7, 11) is 0. The van der Waals surface area contributed by atoms with E-state index in [1.807, 2.05) is 0 Å². The smallest absolute Gasteiger partial charge is 0.0561 e. The van der Waals surface area contributed by atoms with Crippen LogP contribution in [-0.4, -0.2) is 13.7 Å². The lowest BCUT2D eigenvalue weighted by molar-refractivity contribution is 1.08. The number of hydrogen-bond donors (Lipinski definition) is 0. The molecule has 0 aliphatic heterocycles. The molecule has 0 saturated heterocycles. The molecule has 0 radical (unpaired) electrons. The number of benzene rings is 7. The predicted octanol–water partition coefficient (Wildman–Crippen LogP) is 12.8. The molecule has 51 heavy (non-hydrogen) atoms. The number of rotatable bonds is 5. The lowest BCUT2D eigenvalue weighted by atomic mass is 10.0. The summed E-state index contributed by atoms with van der Waals surface area (Å²) in [6, 6.07) is 59.8. The van der Waals surface area contributed by atoms with Gasteiger partial charge in [0.25, 0.3) is 0 Å². The average Bonchev–Trinajstić information content (AvgIpc) is 3.80. The molecule has 242 valence electrons. The Labute approximate surface area is 296 Å². The van der Waals surface area contributed by atoms with E-state index in [0.717, 1.165) is 17.1 Å². The molecular weight excluding hydrogens is 619 g/mol. The van der Waals surface area contributed by atoms with Gasteiger partial charge in [0.2, 0.25) is 0 Å². The molecule has 3 heterocycles. The zero-order valence-corrected chi connectivity index (χ0v) is 28.6. The third-order valence-electron chi connectivity index (χ3n) is 10.6. The molecule has 0 fully saturated rings. The van der Waals surface area contributed by atoms with Gasteiger partial charge in [0, 0.05) is 49.6 Å². The maximum Gasteiger partial charge on any atom is 0.0561 e. The first-order valence-electron chi connectivity index (χ1n) is 17.7. The van der Waals surface area contributed by atoms with Crippen LogP contribution in [0.25, 0.3) is 88.8 Å². The van der Waals surface area contributed by atoms with E-state index in [0.29, 0.717) is 0 Å². The monoisotopic (exact) mass is 653 g/mol. The highest BCUT2D eigenvalue weighted by atomic mass is 15.0. The molecule has 0 aliphatic rings. The molecule has 7 aromatic carbocycles. The highest BCUT2D eigenvalue weighted by Gasteiger charge is 2.20. The van der Waals surface area contributed by atoms with Crippen molar-refractivity contribution >= 4 is 60.6 Å². The SMILES string of the molecule is C/C=C\c1c(C)c2ccccc2n1-c1cc(-n2c3ccccc3c3ccccc32)ccc1-c1cccc(-n2c3ccccc3c3ccccc32)c1. The summed E-state index contributed by atoms with van der Waals surface area (Å²) in [6.45, 7) is 4.35. The minimum atomic E-state index is 1.13. The van der Waals surface area contributed by atoms with Crippen LogP contribution in [0.4, 0.5) is 0 Å². The van der Waals surface area contributed by atoms with Crippen LogP contribution in [0.1, 0.15) is 18.2 Å². The summed E-state index contributed by atoms with van der Waals surface area (Å²) in [4.78, 5) is 0. The van der Waals surface area contributed by atoms with Gasteiger partial charge in [0.15, 0.2) is 0 Å². The van der Waals surface area contributed by atoms with E-state index in [2.05, 4.69) is 203 Å². The zero-order valence-electron chi connectivity index (χ0n) is 28.6. The minimum absolute atomic E-state index is 1.13. The molecule has 0 amide bonds. The molecule has 0 N–H and O–H groups in total. The van der Waals surface area contributed by atoms with Crippen LogP contribution < -0.4 is 0 Å². The fourth-order valence-corrected chi connectivity index (χ4v) is 8.34. The Morgan fingerprint density at radius 3 is 1.37 bits per heavy atom. The second-order valence-electron chi connectivity index (χ2n) is 13.4. The summed E-state index contributed by atoms with van der Waals surface area (Å²) in [5, 5.41) is 6.31. The number of para-hydroxylation sites is 5. The maximum absolute atomic E-state index is 2.46. The van der Waals surface area contributed by atoms with Crippen molar-refractivity contribution in [1.29, 1.82) is 0 Å². The van der Waals surface area contributed by atoms with Crippen molar-refractivity contribution in [1.82, 2.24) is 13.7 Å². The highest BCUT2D eigenvalue weighted by Crippen LogP contribution is 2.40. The van der Waals surface area contributed by atoms with Crippen LogP contribution in [0.15, 0.2) is 170 Å².